The maximum Gasteiger partial charge on any atom is 0.156 e. The van der Waals surface area contributed by atoms with Gasteiger partial charge in [0.05, 0.1) is 5.25 Å². The molecule has 7 rings (SSSR count). The van der Waals surface area contributed by atoms with Crippen molar-refractivity contribution >= 4 is 57.0 Å². The van der Waals surface area contributed by atoms with Gasteiger partial charge >= 0.3 is 0 Å². The van der Waals surface area contributed by atoms with E-state index in [1.165, 1.54) is 43.8 Å². The van der Waals surface area contributed by atoms with Crippen molar-refractivity contribution in [1.82, 2.24) is 0 Å². The van der Waals surface area contributed by atoms with E-state index in [1.54, 1.807) is 10.4 Å². The smallest absolute Gasteiger partial charge is 0.156 e. The van der Waals surface area contributed by atoms with Crippen LogP contribution in [0.3, 0.4) is 0 Å². The van der Waals surface area contributed by atoms with Gasteiger partial charge in [-0.2, -0.15) is 0 Å². The van der Waals surface area contributed by atoms with E-state index in [9.17, 15) is 8.42 Å². The number of hydrogen-bond donors (Lipinski definition) is 0. The molecule has 0 amide bonds. The highest BCUT2D eigenvalue weighted by molar-refractivity contribution is 7.92. The van der Waals surface area contributed by atoms with Gasteiger partial charge in [-0.3, -0.25) is 0 Å². The number of sulfone groups is 1. The van der Waals surface area contributed by atoms with Crippen LogP contribution in [0.2, 0.25) is 31.7 Å². The summed E-state index contributed by atoms with van der Waals surface area (Å²) in [7, 11) is -5.29. The molecule has 4 aromatic carbocycles. The normalized spacial score (nSPS) is 20.4. The molecule has 6 heteroatoms. The molecular weight excluding hydrogens is 533 g/mol. The van der Waals surface area contributed by atoms with Crippen LogP contribution in [0, 0.1) is 0 Å². The summed E-state index contributed by atoms with van der Waals surface area (Å²) >= 11 is 0. The van der Waals surface area contributed by atoms with Crippen LogP contribution in [0.5, 0.6) is 0 Å². The van der Waals surface area contributed by atoms with E-state index in [4.69, 9.17) is 0 Å². The molecule has 0 aromatic heterocycles. The molecule has 3 aliphatic rings. The first kappa shape index (κ1) is 24.5. The summed E-state index contributed by atoms with van der Waals surface area (Å²) < 4.78 is 25.9. The van der Waals surface area contributed by atoms with Crippen molar-refractivity contribution in [1.29, 1.82) is 0 Å². The lowest BCUT2D eigenvalue weighted by Crippen LogP contribution is -2.46. The SMILES string of the molecule is C[Si]1CCS(=O)(=O)C(c2ccc3c(c2)-c2ccc(-c4ccc5c(c4)[Si](C)c4ccccc4C5)cc2[Si]3C)C1. The summed E-state index contributed by atoms with van der Waals surface area (Å²) in [4.78, 5) is 0. The quantitative estimate of drug-likeness (QED) is 0.341. The first-order chi connectivity index (χ1) is 18.3. The van der Waals surface area contributed by atoms with Crippen LogP contribution in [-0.4, -0.2) is 40.6 Å². The van der Waals surface area contributed by atoms with Gasteiger partial charge in [0.25, 0.3) is 0 Å². The van der Waals surface area contributed by atoms with Crippen molar-refractivity contribution in [3.63, 3.8) is 0 Å². The van der Waals surface area contributed by atoms with E-state index in [2.05, 4.69) is 98.5 Å². The van der Waals surface area contributed by atoms with Crippen LogP contribution < -0.4 is 20.7 Å². The maximum atomic E-state index is 13.0. The van der Waals surface area contributed by atoms with Gasteiger partial charge in [0.1, 0.15) is 17.6 Å². The molecule has 38 heavy (non-hydrogen) atoms. The van der Waals surface area contributed by atoms with Crippen molar-refractivity contribution < 1.29 is 8.42 Å². The minimum atomic E-state index is -3.06. The molecule has 3 heterocycles. The van der Waals surface area contributed by atoms with E-state index >= 15 is 0 Å². The van der Waals surface area contributed by atoms with Crippen LogP contribution >= 0.6 is 0 Å². The monoisotopic (exact) mass is 563 g/mol. The van der Waals surface area contributed by atoms with Crippen molar-refractivity contribution in [2.75, 3.05) is 5.75 Å². The molecule has 189 valence electrons. The van der Waals surface area contributed by atoms with Crippen LogP contribution in [0.25, 0.3) is 22.3 Å². The van der Waals surface area contributed by atoms with Crippen LogP contribution in [0.1, 0.15) is 21.9 Å². The maximum absolute atomic E-state index is 13.0. The number of rotatable bonds is 2. The molecule has 0 spiro atoms. The van der Waals surface area contributed by atoms with E-state index in [0.29, 0.717) is 5.75 Å². The Morgan fingerprint density at radius 3 is 2.24 bits per heavy atom. The van der Waals surface area contributed by atoms with Gasteiger partial charge in [-0.25, -0.2) is 8.42 Å². The Kier molecular flexibility index (Phi) is 5.82. The minimum absolute atomic E-state index is 0.318. The standard InChI is InChI=1S/C32H31O2SSi3/c1-36-15-14-35(33,34)28(20-36)23-11-13-30-27(17-23)26-12-10-22(19-32(26)38(30)3)21-8-9-25-16-24-6-4-5-7-29(24)37(2)31(25)18-21/h4-13,17-19,28H,14-16,20H2,1-3H3. The molecule has 0 aliphatic carbocycles. The van der Waals surface area contributed by atoms with Crippen LogP contribution in [-0.2, 0) is 16.3 Å². The van der Waals surface area contributed by atoms with Gasteiger partial charge in [0.15, 0.2) is 9.84 Å². The Balaban J connectivity index is 1.25. The van der Waals surface area contributed by atoms with Gasteiger partial charge in [-0.15, -0.1) is 0 Å². The van der Waals surface area contributed by atoms with Crippen molar-refractivity contribution in [3.8, 4) is 22.3 Å². The lowest BCUT2D eigenvalue weighted by atomic mass is 9.97. The first-order valence-corrected chi connectivity index (χ1v) is 21.6. The van der Waals surface area contributed by atoms with Crippen molar-refractivity contribution in [3.05, 3.63) is 95.6 Å². The fraction of sp³-hybridized carbons (Fsp3) is 0.250. The highest BCUT2D eigenvalue weighted by Gasteiger charge is 2.36. The summed E-state index contributed by atoms with van der Waals surface area (Å²) in [5.41, 5.74) is 9.18. The predicted molar refractivity (Wildman–Crippen MR) is 166 cm³/mol. The zero-order chi connectivity index (χ0) is 26.2. The van der Waals surface area contributed by atoms with Crippen molar-refractivity contribution in [2.24, 2.45) is 0 Å². The Labute approximate surface area is 231 Å². The third kappa shape index (κ3) is 3.87. The molecule has 0 N–H and O–H groups in total. The largest absolute Gasteiger partial charge is 0.228 e. The van der Waals surface area contributed by atoms with E-state index in [-0.39, 0.29) is 5.25 Å². The van der Waals surface area contributed by atoms with Crippen molar-refractivity contribution in [2.45, 2.75) is 43.4 Å². The van der Waals surface area contributed by atoms with Gasteiger partial charge in [-0.1, -0.05) is 103 Å². The molecule has 0 bridgehead atoms. The second kappa shape index (κ2) is 9.01. The van der Waals surface area contributed by atoms with Gasteiger partial charge in [0, 0.05) is 14.5 Å². The topological polar surface area (TPSA) is 34.1 Å². The average molecular weight is 564 g/mol. The molecule has 4 aromatic rings. The molecule has 1 atom stereocenters. The summed E-state index contributed by atoms with van der Waals surface area (Å²) in [6.45, 7) is 7.11. The number of fused-ring (bicyclic) bond motifs is 5. The van der Waals surface area contributed by atoms with Gasteiger partial charge in [-0.05, 0) is 73.9 Å². The molecule has 0 saturated carbocycles. The Hall–Kier alpha value is -2.52. The first-order valence-electron chi connectivity index (χ1n) is 13.5. The minimum Gasteiger partial charge on any atom is -0.228 e. The molecule has 2 nitrogen and oxygen atoms in total. The van der Waals surface area contributed by atoms with Crippen LogP contribution in [0.4, 0.5) is 0 Å². The summed E-state index contributed by atoms with van der Waals surface area (Å²) in [5.74, 6) is 0.357. The fourth-order valence-corrected chi connectivity index (χ4v) is 17.6. The summed E-state index contributed by atoms with van der Waals surface area (Å²) in [6.07, 6.45) is 1.04. The zero-order valence-corrected chi connectivity index (χ0v) is 26.0. The van der Waals surface area contributed by atoms with E-state index in [0.717, 1.165) is 24.1 Å². The Morgan fingerprint density at radius 1 is 0.684 bits per heavy atom. The molecule has 1 fully saturated rings. The third-order valence-electron chi connectivity index (χ3n) is 8.96. The number of benzene rings is 4. The summed E-state index contributed by atoms with van der Waals surface area (Å²) in [6, 6.07) is 31.4. The highest BCUT2D eigenvalue weighted by Crippen LogP contribution is 2.37. The lowest BCUT2D eigenvalue weighted by molar-refractivity contribution is 0.584. The second-order valence-corrected chi connectivity index (χ2v) is 21.1. The van der Waals surface area contributed by atoms with E-state index < -0.39 is 36.2 Å². The molecule has 1 saturated heterocycles. The molecule has 3 radical (unpaired) electrons. The molecular formula is C32H31O2SSi3. The van der Waals surface area contributed by atoms with E-state index in [1.807, 2.05) is 0 Å². The predicted octanol–water partition coefficient (Wildman–Crippen LogP) is 4.31. The zero-order valence-electron chi connectivity index (χ0n) is 22.1. The fourth-order valence-electron chi connectivity index (χ4n) is 6.71. The van der Waals surface area contributed by atoms with Gasteiger partial charge in [0.2, 0.25) is 0 Å². The Morgan fingerprint density at radius 2 is 1.39 bits per heavy atom. The third-order valence-corrected chi connectivity index (χ3v) is 18.9. The number of hydrogen-bond acceptors (Lipinski definition) is 2. The average Bonchev–Trinajstić information content (AvgIpc) is 3.20. The Bertz CT molecular complexity index is 1710. The highest BCUT2D eigenvalue weighted by atomic mass is 32.2. The molecule has 1 unspecified atom stereocenters. The lowest BCUT2D eigenvalue weighted by Gasteiger charge is -2.26. The summed E-state index contributed by atoms with van der Waals surface area (Å²) in [5, 5.41) is 5.66. The second-order valence-electron chi connectivity index (χ2n) is 11.3. The molecule has 3 aliphatic heterocycles. The van der Waals surface area contributed by atoms with Gasteiger partial charge < -0.3 is 0 Å². The van der Waals surface area contributed by atoms with Crippen LogP contribution in [0.15, 0.2) is 78.9 Å².